The number of aromatic nitrogens is 1. The summed E-state index contributed by atoms with van der Waals surface area (Å²) in [6.45, 7) is 0. The van der Waals surface area contributed by atoms with E-state index in [0.717, 1.165) is 28.0 Å². The van der Waals surface area contributed by atoms with Crippen LogP contribution in [0.2, 0.25) is 0 Å². The number of hydrazine groups is 1. The quantitative estimate of drug-likeness (QED) is 0.646. The topological polar surface area (TPSA) is 65.5 Å². The summed E-state index contributed by atoms with van der Waals surface area (Å²) in [5, 5.41) is 1.10. The second kappa shape index (κ2) is 7.67. The maximum absolute atomic E-state index is 12.6. The summed E-state index contributed by atoms with van der Waals surface area (Å²) in [6.07, 6.45) is 4.78. The predicted molar refractivity (Wildman–Crippen MR) is 107 cm³/mol. The van der Waals surface area contributed by atoms with Crippen LogP contribution >= 0.6 is 24.0 Å². The zero-order valence-electron chi connectivity index (χ0n) is 14.2. The Balaban J connectivity index is 1.75. The Labute approximate surface area is 160 Å². The molecule has 1 aromatic carbocycles. The van der Waals surface area contributed by atoms with Crippen molar-refractivity contribution in [2.24, 2.45) is 0 Å². The van der Waals surface area contributed by atoms with Gasteiger partial charge in [0.25, 0.3) is 11.8 Å². The number of nitrogens with zero attached hydrogens (tertiary/aromatic N) is 3. The first kappa shape index (κ1) is 18.1. The molecule has 2 aromatic rings. The number of carbonyl (C=O) groups excluding carboxylic acids is 2. The van der Waals surface area contributed by atoms with Crippen molar-refractivity contribution in [3.63, 3.8) is 0 Å². The first-order valence-corrected chi connectivity index (χ1v) is 8.94. The molecule has 0 spiro atoms. The second-order valence-corrected chi connectivity index (χ2v) is 7.36. The number of thioether (sulfide) groups is 1. The van der Waals surface area contributed by atoms with Crippen LogP contribution in [0.1, 0.15) is 15.9 Å². The summed E-state index contributed by atoms with van der Waals surface area (Å²) in [6, 6.07) is 10.9. The van der Waals surface area contributed by atoms with E-state index in [1.807, 2.05) is 43.3 Å². The number of rotatable bonds is 4. The van der Waals surface area contributed by atoms with Gasteiger partial charge in [0, 0.05) is 37.7 Å². The minimum absolute atomic E-state index is 0.286. The van der Waals surface area contributed by atoms with Gasteiger partial charge in [-0.2, -0.15) is 5.01 Å². The van der Waals surface area contributed by atoms with Gasteiger partial charge in [0.1, 0.15) is 0 Å². The van der Waals surface area contributed by atoms with Crippen LogP contribution < -0.4 is 10.3 Å². The number of hydrogen-bond donors (Lipinski definition) is 1. The molecule has 1 fully saturated rings. The van der Waals surface area contributed by atoms with E-state index < -0.39 is 5.91 Å². The fourth-order valence-electron chi connectivity index (χ4n) is 2.25. The molecule has 0 saturated carbocycles. The lowest BCUT2D eigenvalue weighted by atomic mass is 10.2. The van der Waals surface area contributed by atoms with Gasteiger partial charge in [-0.3, -0.25) is 20.0 Å². The molecule has 1 N–H and O–H groups in total. The van der Waals surface area contributed by atoms with Gasteiger partial charge in [0.2, 0.25) is 0 Å². The van der Waals surface area contributed by atoms with E-state index in [4.69, 9.17) is 12.2 Å². The first-order valence-electron chi connectivity index (χ1n) is 7.72. The molecule has 2 heterocycles. The van der Waals surface area contributed by atoms with Crippen LogP contribution in [0.15, 0.2) is 53.7 Å². The summed E-state index contributed by atoms with van der Waals surface area (Å²) in [5.41, 5.74) is 4.90. The third-order valence-corrected chi connectivity index (χ3v) is 4.96. The lowest BCUT2D eigenvalue weighted by Crippen LogP contribution is -2.44. The molecule has 1 aromatic heterocycles. The molecule has 0 unspecified atom stereocenters. The number of carbonyl (C=O) groups is 2. The molecular weight excluding hydrogens is 368 g/mol. The minimum atomic E-state index is -0.416. The van der Waals surface area contributed by atoms with E-state index in [1.165, 1.54) is 12.4 Å². The van der Waals surface area contributed by atoms with E-state index in [9.17, 15) is 9.59 Å². The monoisotopic (exact) mass is 384 g/mol. The highest BCUT2D eigenvalue weighted by Gasteiger charge is 2.33. The number of hydrogen-bond acceptors (Lipinski definition) is 6. The molecule has 0 bridgehead atoms. The molecule has 3 rings (SSSR count). The molecule has 8 heteroatoms. The summed E-state index contributed by atoms with van der Waals surface area (Å²) in [4.78, 5) is 31.1. The van der Waals surface area contributed by atoms with Gasteiger partial charge >= 0.3 is 0 Å². The first-order chi connectivity index (χ1) is 12.5. The fraction of sp³-hybridized carbons (Fsp3) is 0.111. The van der Waals surface area contributed by atoms with E-state index >= 15 is 0 Å². The Morgan fingerprint density at radius 1 is 1.19 bits per heavy atom. The number of thiocarbonyl (C=S) groups is 1. The Kier molecular flexibility index (Phi) is 5.34. The highest BCUT2D eigenvalue weighted by atomic mass is 32.2. The van der Waals surface area contributed by atoms with Crippen LogP contribution in [0, 0.1) is 0 Å². The summed E-state index contributed by atoms with van der Waals surface area (Å²) >= 11 is 6.38. The Morgan fingerprint density at radius 3 is 2.46 bits per heavy atom. The predicted octanol–water partition coefficient (Wildman–Crippen LogP) is 2.69. The van der Waals surface area contributed by atoms with Crippen LogP contribution in [0.5, 0.6) is 0 Å². The largest absolute Gasteiger partial charge is 0.378 e. The van der Waals surface area contributed by atoms with Crippen LogP contribution in [0.25, 0.3) is 6.08 Å². The molecule has 2 amide bonds. The minimum Gasteiger partial charge on any atom is -0.378 e. The molecule has 0 aliphatic carbocycles. The van der Waals surface area contributed by atoms with E-state index in [0.29, 0.717) is 10.5 Å². The number of anilines is 1. The van der Waals surface area contributed by atoms with Crippen LogP contribution in [-0.4, -0.2) is 40.2 Å². The molecule has 1 aliphatic heterocycles. The molecule has 132 valence electrons. The van der Waals surface area contributed by atoms with Crippen molar-refractivity contribution in [2.75, 3.05) is 19.0 Å². The lowest BCUT2D eigenvalue weighted by molar-refractivity contribution is -0.123. The summed E-state index contributed by atoms with van der Waals surface area (Å²) in [5.74, 6) is -0.764. The maximum atomic E-state index is 12.6. The number of pyridine rings is 1. The summed E-state index contributed by atoms with van der Waals surface area (Å²) in [7, 11) is 3.93. The van der Waals surface area contributed by atoms with Crippen LogP contribution in [-0.2, 0) is 4.79 Å². The molecule has 0 radical (unpaired) electrons. The highest BCUT2D eigenvalue weighted by Crippen LogP contribution is 2.31. The van der Waals surface area contributed by atoms with Gasteiger partial charge in [-0.1, -0.05) is 23.9 Å². The summed E-state index contributed by atoms with van der Waals surface area (Å²) < 4.78 is 0.286. The molecule has 1 saturated heterocycles. The molecule has 26 heavy (non-hydrogen) atoms. The average molecular weight is 384 g/mol. The Bertz CT molecular complexity index is 880. The van der Waals surface area contributed by atoms with Crippen molar-refractivity contribution < 1.29 is 9.59 Å². The van der Waals surface area contributed by atoms with Gasteiger partial charge in [0.15, 0.2) is 4.32 Å². The SMILES string of the molecule is CN(C)c1ccc(/C=C2\SC(=S)N(NC(=O)c3ccncc3)C2=O)cc1. The van der Waals surface area contributed by atoms with Crippen molar-refractivity contribution in [1.29, 1.82) is 0 Å². The number of benzene rings is 1. The molecule has 0 atom stereocenters. The second-order valence-electron chi connectivity index (χ2n) is 5.68. The van der Waals surface area contributed by atoms with Crippen LogP contribution in [0.4, 0.5) is 5.69 Å². The molecular formula is C18H16N4O2S2. The zero-order valence-corrected chi connectivity index (χ0v) is 15.8. The Hall–Kier alpha value is -2.71. The fourth-order valence-corrected chi connectivity index (χ4v) is 3.43. The maximum Gasteiger partial charge on any atom is 0.285 e. The van der Waals surface area contributed by atoms with E-state index in [2.05, 4.69) is 10.4 Å². The van der Waals surface area contributed by atoms with Crippen molar-refractivity contribution in [3.05, 3.63) is 64.8 Å². The number of nitrogens with one attached hydrogen (secondary N) is 1. The van der Waals surface area contributed by atoms with E-state index in [1.54, 1.807) is 18.2 Å². The average Bonchev–Trinajstić information content (AvgIpc) is 2.90. The van der Waals surface area contributed by atoms with Gasteiger partial charge in [-0.05, 0) is 48.1 Å². The van der Waals surface area contributed by atoms with Crippen molar-refractivity contribution in [3.8, 4) is 0 Å². The van der Waals surface area contributed by atoms with E-state index in [-0.39, 0.29) is 10.2 Å². The van der Waals surface area contributed by atoms with Crippen LogP contribution in [0.3, 0.4) is 0 Å². The highest BCUT2D eigenvalue weighted by molar-refractivity contribution is 8.26. The van der Waals surface area contributed by atoms with Crippen molar-refractivity contribution in [1.82, 2.24) is 15.4 Å². The van der Waals surface area contributed by atoms with Gasteiger partial charge in [-0.15, -0.1) is 0 Å². The van der Waals surface area contributed by atoms with Crippen molar-refractivity contribution >= 4 is 51.9 Å². The Morgan fingerprint density at radius 2 is 1.85 bits per heavy atom. The van der Waals surface area contributed by atoms with Gasteiger partial charge in [-0.25, -0.2) is 0 Å². The smallest absolute Gasteiger partial charge is 0.285 e. The lowest BCUT2D eigenvalue weighted by Gasteiger charge is -2.15. The zero-order chi connectivity index (χ0) is 18.7. The van der Waals surface area contributed by atoms with Crippen molar-refractivity contribution in [2.45, 2.75) is 0 Å². The normalized spacial score (nSPS) is 15.5. The molecule has 6 nitrogen and oxygen atoms in total. The van der Waals surface area contributed by atoms with Gasteiger partial charge in [0.05, 0.1) is 4.91 Å². The third-order valence-electron chi connectivity index (χ3n) is 3.66. The third kappa shape index (κ3) is 3.92. The van der Waals surface area contributed by atoms with Gasteiger partial charge < -0.3 is 4.90 Å². The number of amides is 2. The molecule has 1 aliphatic rings. The standard InChI is InChI=1S/C18H16N4O2S2/c1-21(2)14-5-3-12(4-6-14)11-15-17(24)22(18(25)26-15)20-16(23)13-7-9-19-10-8-13/h3-11H,1-2H3,(H,20,23)/b15-11-.